The van der Waals surface area contributed by atoms with E-state index >= 15 is 0 Å². The molecule has 6 nitrogen and oxygen atoms in total. The third-order valence-electron chi connectivity index (χ3n) is 5.53. The van der Waals surface area contributed by atoms with E-state index in [9.17, 15) is 4.79 Å². The number of nitrogens with zero attached hydrogens (tertiary/aromatic N) is 4. The van der Waals surface area contributed by atoms with Crippen molar-refractivity contribution in [3.8, 4) is 5.75 Å². The maximum absolute atomic E-state index is 12.5. The summed E-state index contributed by atoms with van der Waals surface area (Å²) in [4.78, 5) is 25.2. The normalized spacial score (nSPS) is 14.4. The van der Waals surface area contributed by atoms with Gasteiger partial charge in [0.05, 0.1) is 0 Å². The monoisotopic (exact) mass is 416 g/mol. The molecule has 3 aromatic rings. The lowest BCUT2D eigenvalue weighted by atomic mass is 10.1. The van der Waals surface area contributed by atoms with Crippen molar-refractivity contribution in [1.82, 2.24) is 19.8 Å². The van der Waals surface area contributed by atoms with Gasteiger partial charge in [0.1, 0.15) is 5.75 Å². The highest BCUT2D eigenvalue weighted by molar-refractivity contribution is 5.70. The third-order valence-corrected chi connectivity index (χ3v) is 5.53. The van der Waals surface area contributed by atoms with Crippen molar-refractivity contribution < 1.29 is 9.53 Å². The highest BCUT2D eigenvalue weighted by Crippen LogP contribution is 2.16. The van der Waals surface area contributed by atoms with E-state index in [1.807, 2.05) is 54.7 Å². The predicted molar refractivity (Wildman–Crippen MR) is 120 cm³/mol. The van der Waals surface area contributed by atoms with Crippen molar-refractivity contribution in [2.45, 2.75) is 19.3 Å². The number of piperazine rings is 1. The number of aryl methyl sites for hydroxylation is 1. The molecule has 2 aromatic heterocycles. The fraction of sp³-hybridized carbons (Fsp3) is 0.320. The number of rotatable bonds is 7. The van der Waals surface area contributed by atoms with Crippen molar-refractivity contribution in [2.24, 2.45) is 0 Å². The molecular weight excluding hydrogens is 388 g/mol. The molecule has 0 N–H and O–H groups in total. The Hall–Kier alpha value is -3.25. The van der Waals surface area contributed by atoms with E-state index in [2.05, 4.69) is 20.9 Å². The lowest BCUT2D eigenvalue weighted by Crippen LogP contribution is -2.49. The molecule has 1 aliphatic heterocycles. The van der Waals surface area contributed by atoms with Gasteiger partial charge in [-0.25, -0.2) is 4.79 Å². The second-order valence-corrected chi connectivity index (χ2v) is 7.80. The molecule has 0 aliphatic carbocycles. The van der Waals surface area contributed by atoms with Crippen LogP contribution in [0.25, 0.3) is 0 Å². The molecule has 3 heterocycles. The first-order chi connectivity index (χ1) is 15.3. The fourth-order valence-electron chi connectivity index (χ4n) is 3.76. The Bertz CT molecular complexity index is 940. The van der Waals surface area contributed by atoms with Gasteiger partial charge in [0.15, 0.2) is 0 Å². The van der Waals surface area contributed by atoms with Crippen molar-refractivity contribution in [3.63, 3.8) is 0 Å². The molecule has 1 saturated heterocycles. The van der Waals surface area contributed by atoms with Crippen molar-refractivity contribution in [1.29, 1.82) is 0 Å². The highest BCUT2D eigenvalue weighted by Gasteiger charge is 2.22. The number of ether oxygens (including phenoxy) is 1. The first kappa shape index (κ1) is 21.0. The van der Waals surface area contributed by atoms with Gasteiger partial charge in [0.2, 0.25) is 0 Å². The first-order valence-corrected chi connectivity index (χ1v) is 10.8. The number of amides is 1. The first-order valence-electron chi connectivity index (χ1n) is 10.8. The number of hydrogen-bond acceptors (Lipinski definition) is 5. The van der Waals surface area contributed by atoms with Crippen molar-refractivity contribution in [2.75, 3.05) is 32.7 Å². The summed E-state index contributed by atoms with van der Waals surface area (Å²) in [6.07, 6.45) is 8.15. The molecule has 6 heteroatoms. The molecule has 4 rings (SSSR count). The summed E-state index contributed by atoms with van der Waals surface area (Å²) in [5.74, 6) is 0.577. The summed E-state index contributed by atoms with van der Waals surface area (Å²) in [6.45, 7) is 4.19. The standard InChI is InChI=1S/C25H28N4O2/c30-25(31-24-10-8-21(9-11-24)19-23-7-1-2-13-27-23)29-17-15-28(16-18-29)14-4-6-22-5-3-12-26-20-22/h1-3,5,7-13,20H,4,6,14-19H2. The minimum atomic E-state index is -0.271. The molecule has 1 amide bonds. The molecule has 1 fully saturated rings. The van der Waals surface area contributed by atoms with E-state index in [4.69, 9.17) is 4.74 Å². The van der Waals surface area contributed by atoms with Crippen LogP contribution in [0.1, 0.15) is 23.2 Å². The molecule has 1 aromatic carbocycles. The summed E-state index contributed by atoms with van der Waals surface area (Å²) in [5.41, 5.74) is 3.43. The van der Waals surface area contributed by atoms with Crippen LogP contribution in [0.3, 0.4) is 0 Å². The highest BCUT2D eigenvalue weighted by atomic mass is 16.6. The van der Waals surface area contributed by atoms with Crippen molar-refractivity contribution in [3.05, 3.63) is 90.0 Å². The molecule has 1 aliphatic rings. The van der Waals surface area contributed by atoms with Gasteiger partial charge < -0.3 is 9.64 Å². The topological polar surface area (TPSA) is 58.6 Å². The zero-order valence-electron chi connectivity index (χ0n) is 17.7. The van der Waals surface area contributed by atoms with Crippen LogP contribution < -0.4 is 4.74 Å². The Morgan fingerprint density at radius 1 is 0.903 bits per heavy atom. The molecule has 0 saturated carbocycles. The maximum atomic E-state index is 12.5. The second-order valence-electron chi connectivity index (χ2n) is 7.80. The van der Waals surface area contributed by atoms with E-state index in [1.54, 1.807) is 17.3 Å². The average molecular weight is 417 g/mol. The van der Waals surface area contributed by atoms with Crippen LogP contribution in [0, 0.1) is 0 Å². The Balaban J connectivity index is 1.18. The van der Waals surface area contributed by atoms with Crippen molar-refractivity contribution >= 4 is 6.09 Å². The SMILES string of the molecule is O=C(Oc1ccc(Cc2ccccn2)cc1)N1CCN(CCCc2cccnc2)CC1. The summed E-state index contributed by atoms with van der Waals surface area (Å²) < 4.78 is 5.58. The van der Waals surface area contributed by atoms with E-state index in [0.717, 1.165) is 50.2 Å². The second kappa shape index (κ2) is 10.7. The number of carbonyl (C=O) groups excluding carboxylic acids is 1. The number of aromatic nitrogens is 2. The molecule has 0 spiro atoms. The van der Waals surface area contributed by atoms with Crippen LogP contribution in [-0.4, -0.2) is 58.6 Å². The van der Waals surface area contributed by atoms with Gasteiger partial charge in [-0.05, 0) is 60.8 Å². The molecule has 0 unspecified atom stereocenters. The van der Waals surface area contributed by atoms with Gasteiger partial charge in [-0.15, -0.1) is 0 Å². The van der Waals surface area contributed by atoms with E-state index in [1.165, 1.54) is 5.56 Å². The lowest BCUT2D eigenvalue weighted by Gasteiger charge is -2.34. The third kappa shape index (κ3) is 6.36. The summed E-state index contributed by atoms with van der Waals surface area (Å²) in [5, 5.41) is 0. The zero-order chi connectivity index (χ0) is 21.3. The minimum Gasteiger partial charge on any atom is -0.410 e. The van der Waals surface area contributed by atoms with Crippen LogP contribution in [0.15, 0.2) is 73.2 Å². The average Bonchev–Trinajstić information content (AvgIpc) is 2.82. The van der Waals surface area contributed by atoms with Gasteiger partial charge in [-0.3, -0.25) is 14.9 Å². The molecule has 160 valence electrons. The zero-order valence-corrected chi connectivity index (χ0v) is 17.7. The summed E-state index contributed by atoms with van der Waals surface area (Å²) in [6, 6.07) is 17.7. The fourth-order valence-corrected chi connectivity index (χ4v) is 3.76. The Labute approximate surface area is 183 Å². The van der Waals surface area contributed by atoms with E-state index < -0.39 is 0 Å². The summed E-state index contributed by atoms with van der Waals surface area (Å²) >= 11 is 0. The smallest absolute Gasteiger partial charge is 0.410 e. The Kier molecular flexibility index (Phi) is 7.24. The van der Waals surface area contributed by atoms with Crippen LogP contribution >= 0.6 is 0 Å². The van der Waals surface area contributed by atoms with Crippen LogP contribution in [-0.2, 0) is 12.8 Å². The van der Waals surface area contributed by atoms with Crippen LogP contribution in [0.4, 0.5) is 4.79 Å². The van der Waals surface area contributed by atoms with Gasteiger partial charge >= 0.3 is 6.09 Å². The molecular formula is C25H28N4O2. The molecule has 0 bridgehead atoms. The maximum Gasteiger partial charge on any atom is 0.415 e. The van der Waals surface area contributed by atoms with Gasteiger partial charge in [0, 0.05) is 56.9 Å². The van der Waals surface area contributed by atoms with Crippen LogP contribution in [0.2, 0.25) is 0 Å². The Morgan fingerprint density at radius 2 is 1.74 bits per heavy atom. The largest absolute Gasteiger partial charge is 0.415 e. The number of carbonyl (C=O) groups is 1. The van der Waals surface area contributed by atoms with E-state index in [0.29, 0.717) is 18.8 Å². The number of benzene rings is 1. The van der Waals surface area contributed by atoms with Crippen LogP contribution in [0.5, 0.6) is 5.75 Å². The predicted octanol–water partition coefficient (Wildman–Crippen LogP) is 3.82. The molecule has 31 heavy (non-hydrogen) atoms. The molecule has 0 radical (unpaired) electrons. The Morgan fingerprint density at radius 3 is 2.45 bits per heavy atom. The minimum absolute atomic E-state index is 0.271. The quantitative estimate of drug-likeness (QED) is 0.586. The summed E-state index contributed by atoms with van der Waals surface area (Å²) in [7, 11) is 0. The number of pyridine rings is 2. The van der Waals surface area contributed by atoms with Gasteiger partial charge in [0.25, 0.3) is 0 Å². The lowest BCUT2D eigenvalue weighted by molar-refractivity contribution is 0.110. The number of hydrogen-bond donors (Lipinski definition) is 0. The van der Waals surface area contributed by atoms with Gasteiger partial charge in [-0.1, -0.05) is 24.3 Å². The van der Waals surface area contributed by atoms with E-state index in [-0.39, 0.29) is 6.09 Å². The molecule has 0 atom stereocenters. The van der Waals surface area contributed by atoms with Gasteiger partial charge in [-0.2, -0.15) is 0 Å².